The van der Waals surface area contributed by atoms with Crippen LogP contribution in [0.1, 0.15) is 17.7 Å². The van der Waals surface area contributed by atoms with Crippen LogP contribution < -0.4 is 4.90 Å². The van der Waals surface area contributed by atoms with Gasteiger partial charge in [-0.15, -0.1) is 0 Å². The highest BCUT2D eigenvalue weighted by Gasteiger charge is 2.22. The Kier molecular flexibility index (Phi) is 9.34. The fourth-order valence-corrected chi connectivity index (χ4v) is 10.0. The van der Waals surface area contributed by atoms with Crippen molar-refractivity contribution in [2.45, 2.75) is 12.8 Å². The van der Waals surface area contributed by atoms with Crippen LogP contribution in [-0.4, -0.2) is 4.57 Å². The zero-order valence-electron chi connectivity index (χ0n) is 35.4. The average molecular weight is 817 g/mol. The molecule has 0 saturated carbocycles. The molecular formula is C62H44N2. The molecule has 2 nitrogen and oxygen atoms in total. The van der Waals surface area contributed by atoms with Crippen LogP contribution in [-0.2, 0) is 6.42 Å². The summed E-state index contributed by atoms with van der Waals surface area (Å²) in [4.78, 5) is 2.41. The summed E-state index contributed by atoms with van der Waals surface area (Å²) in [6, 6.07) is 84.3. The molecule has 64 heavy (non-hydrogen) atoms. The third-order valence-electron chi connectivity index (χ3n) is 13.0. The van der Waals surface area contributed by atoms with Crippen LogP contribution in [0.5, 0.6) is 0 Å². The largest absolute Gasteiger partial charge is 0.313 e. The van der Waals surface area contributed by atoms with E-state index < -0.39 is 0 Å². The van der Waals surface area contributed by atoms with E-state index in [9.17, 15) is 0 Å². The Bertz CT molecular complexity index is 3520. The Morgan fingerprint density at radius 1 is 0.391 bits per heavy atom. The summed E-state index contributed by atoms with van der Waals surface area (Å²) in [5.74, 6) is 0. The van der Waals surface area contributed by atoms with E-state index in [1.54, 1.807) is 0 Å². The van der Waals surface area contributed by atoms with E-state index >= 15 is 0 Å². The molecule has 0 fully saturated rings. The highest BCUT2D eigenvalue weighted by Crippen LogP contribution is 2.44. The van der Waals surface area contributed by atoms with Gasteiger partial charge in [-0.25, -0.2) is 0 Å². The number of fused-ring (bicyclic) bond motifs is 6. The van der Waals surface area contributed by atoms with Crippen LogP contribution in [0.4, 0.5) is 17.1 Å². The number of anilines is 3. The van der Waals surface area contributed by atoms with Gasteiger partial charge in [0.1, 0.15) is 0 Å². The van der Waals surface area contributed by atoms with Gasteiger partial charge in [-0.3, -0.25) is 0 Å². The topological polar surface area (TPSA) is 8.17 Å². The quantitative estimate of drug-likeness (QED) is 0.139. The van der Waals surface area contributed by atoms with E-state index in [0.29, 0.717) is 0 Å². The lowest BCUT2D eigenvalue weighted by molar-refractivity contribution is 0.888. The maximum atomic E-state index is 2.48. The first-order valence-corrected chi connectivity index (χ1v) is 22.3. The molecule has 11 aromatic rings. The smallest absolute Gasteiger partial charge is 0.0543 e. The third-order valence-corrected chi connectivity index (χ3v) is 13.0. The number of allylic oxidation sites excluding steroid dienone is 1. The molecule has 0 saturated heterocycles. The van der Waals surface area contributed by atoms with E-state index in [2.05, 4.69) is 252 Å². The van der Waals surface area contributed by atoms with Crippen molar-refractivity contribution in [2.75, 3.05) is 4.90 Å². The molecule has 0 radical (unpaired) electrons. The minimum atomic E-state index is 1.02. The van der Waals surface area contributed by atoms with Gasteiger partial charge in [0.2, 0.25) is 0 Å². The fraction of sp³-hybridized carbons (Fsp3) is 0.0323. The first-order valence-electron chi connectivity index (χ1n) is 22.3. The number of hydrogen-bond donors (Lipinski definition) is 0. The normalized spacial score (nSPS) is 12.2. The van der Waals surface area contributed by atoms with E-state index in [-0.39, 0.29) is 0 Å². The van der Waals surface area contributed by atoms with Gasteiger partial charge in [0, 0.05) is 39.3 Å². The number of benzene rings is 10. The number of para-hydroxylation sites is 2. The van der Waals surface area contributed by atoms with Gasteiger partial charge in [0.25, 0.3) is 0 Å². The summed E-state index contributed by atoms with van der Waals surface area (Å²) in [6.07, 6.45) is 6.74. The van der Waals surface area contributed by atoms with Gasteiger partial charge in [0.15, 0.2) is 0 Å². The molecule has 1 aromatic heterocycles. The lowest BCUT2D eigenvalue weighted by Gasteiger charge is -2.28. The van der Waals surface area contributed by atoms with Gasteiger partial charge in [-0.2, -0.15) is 0 Å². The van der Waals surface area contributed by atoms with Gasteiger partial charge >= 0.3 is 0 Å². The molecule has 0 spiro atoms. The zero-order valence-corrected chi connectivity index (χ0v) is 35.4. The number of rotatable bonds is 8. The molecule has 302 valence electrons. The molecular weight excluding hydrogens is 773 g/mol. The maximum Gasteiger partial charge on any atom is 0.0543 e. The van der Waals surface area contributed by atoms with Gasteiger partial charge in [-0.1, -0.05) is 182 Å². The average Bonchev–Trinajstić information content (AvgIpc) is 3.72. The van der Waals surface area contributed by atoms with Crippen LogP contribution in [0.3, 0.4) is 0 Å². The predicted octanol–water partition coefficient (Wildman–Crippen LogP) is 17.0. The van der Waals surface area contributed by atoms with Gasteiger partial charge < -0.3 is 9.47 Å². The summed E-state index contributed by atoms with van der Waals surface area (Å²) >= 11 is 0. The second-order valence-electron chi connectivity index (χ2n) is 16.8. The van der Waals surface area contributed by atoms with Crippen LogP contribution in [0, 0.1) is 0 Å². The Labute approximate surface area is 374 Å². The second-order valence-corrected chi connectivity index (χ2v) is 16.8. The van der Waals surface area contributed by atoms with Crippen molar-refractivity contribution in [2.24, 2.45) is 0 Å². The summed E-state index contributed by atoms with van der Waals surface area (Å²) in [7, 11) is 0. The third kappa shape index (κ3) is 6.60. The first kappa shape index (κ1) is 37.6. The molecule has 0 aliphatic heterocycles. The van der Waals surface area contributed by atoms with E-state index in [1.807, 2.05) is 0 Å². The first-order chi connectivity index (χ1) is 31.7. The molecule has 12 rings (SSSR count). The standard InChI is InChI=1S/C62H44N2/c1-3-15-43(16-4-1)44-31-36-52(37-32-44)63(53-38-33-45(34-39-53)47-35-40-55-50(41-47)30-29-46-17-7-8-22-54(46)55)59-26-11-9-23-56(59)48-18-13-19-49(42-48)57-25-14-28-61-62(57)58-24-10-12-27-60(58)64(61)51-20-5-2-6-21-51/h1-11,13-26,28-42H,12,27H2. The Hall–Kier alpha value is -8.20. The number of nitrogens with zero attached hydrogens (tertiary/aromatic N) is 2. The molecule has 0 bridgehead atoms. The molecule has 1 heterocycles. The molecule has 0 unspecified atom stereocenters. The molecule has 1 aliphatic carbocycles. The second kappa shape index (κ2) is 15.9. The molecule has 10 aromatic carbocycles. The Balaban J connectivity index is 0.970. The van der Waals surface area contributed by atoms with Crippen molar-refractivity contribution < 1.29 is 0 Å². The van der Waals surface area contributed by atoms with Crippen LogP contribution in [0.15, 0.2) is 237 Å². The van der Waals surface area contributed by atoms with Crippen LogP contribution >= 0.6 is 0 Å². The summed E-state index contributed by atoms with van der Waals surface area (Å²) < 4.78 is 2.48. The summed E-state index contributed by atoms with van der Waals surface area (Å²) in [5, 5.41) is 6.39. The molecule has 0 atom stereocenters. The van der Waals surface area contributed by atoms with Crippen LogP contribution in [0.25, 0.3) is 88.7 Å². The van der Waals surface area contributed by atoms with E-state index in [4.69, 9.17) is 0 Å². The number of hydrogen-bond acceptors (Lipinski definition) is 1. The highest BCUT2D eigenvalue weighted by molar-refractivity contribution is 6.08. The summed E-state index contributed by atoms with van der Waals surface area (Å²) in [6.45, 7) is 0. The molecule has 0 N–H and O–H groups in total. The van der Waals surface area contributed by atoms with Crippen molar-refractivity contribution in [1.82, 2.24) is 4.57 Å². The molecule has 2 heteroatoms. The fourth-order valence-electron chi connectivity index (χ4n) is 10.0. The van der Waals surface area contributed by atoms with Crippen molar-refractivity contribution in [3.8, 4) is 50.2 Å². The van der Waals surface area contributed by atoms with Crippen LogP contribution in [0.2, 0.25) is 0 Å². The lowest BCUT2D eigenvalue weighted by atomic mass is 9.93. The van der Waals surface area contributed by atoms with Crippen molar-refractivity contribution >= 4 is 55.6 Å². The monoisotopic (exact) mass is 816 g/mol. The minimum Gasteiger partial charge on any atom is -0.313 e. The minimum absolute atomic E-state index is 1.02. The van der Waals surface area contributed by atoms with E-state index in [1.165, 1.54) is 93.9 Å². The summed E-state index contributed by atoms with van der Waals surface area (Å²) in [5.41, 5.74) is 18.1. The van der Waals surface area contributed by atoms with Crippen molar-refractivity contribution in [3.05, 3.63) is 248 Å². The Morgan fingerprint density at radius 3 is 1.77 bits per heavy atom. The number of aromatic nitrogens is 1. The Morgan fingerprint density at radius 2 is 0.969 bits per heavy atom. The lowest BCUT2D eigenvalue weighted by Crippen LogP contribution is -2.11. The zero-order chi connectivity index (χ0) is 42.4. The van der Waals surface area contributed by atoms with Gasteiger partial charge in [0.05, 0.1) is 11.2 Å². The highest BCUT2D eigenvalue weighted by atomic mass is 15.1. The van der Waals surface area contributed by atoms with Crippen molar-refractivity contribution in [1.29, 1.82) is 0 Å². The molecule has 1 aliphatic rings. The SMILES string of the molecule is C1=Cc2c(n(-c3ccccc3)c3cccc(-c4cccc(-c5ccccc5N(c5ccc(-c6ccccc6)cc5)c5ccc(-c6ccc7c(ccc8ccccc87)c6)cc5)c4)c23)CC1. The van der Waals surface area contributed by atoms with E-state index in [0.717, 1.165) is 29.9 Å². The van der Waals surface area contributed by atoms with Gasteiger partial charge in [-0.05, 0) is 134 Å². The maximum absolute atomic E-state index is 2.48. The molecule has 0 amide bonds. The predicted molar refractivity (Wildman–Crippen MR) is 272 cm³/mol. The van der Waals surface area contributed by atoms with Crippen molar-refractivity contribution in [3.63, 3.8) is 0 Å².